The van der Waals surface area contributed by atoms with Gasteiger partial charge >= 0.3 is 5.97 Å². The molecule has 1 saturated carbocycles. The van der Waals surface area contributed by atoms with Crippen molar-refractivity contribution in [3.63, 3.8) is 0 Å². The van der Waals surface area contributed by atoms with Crippen molar-refractivity contribution in [2.75, 3.05) is 6.61 Å². The summed E-state index contributed by atoms with van der Waals surface area (Å²) >= 11 is 0. The molecule has 2 aliphatic rings. The van der Waals surface area contributed by atoms with E-state index in [4.69, 9.17) is 14.2 Å². The molecule has 1 heterocycles. The highest BCUT2D eigenvalue weighted by Gasteiger charge is 2.32. The van der Waals surface area contributed by atoms with E-state index in [9.17, 15) is 4.79 Å². The molecule has 1 saturated heterocycles. The molecule has 0 bridgehead atoms. The molecule has 2 fully saturated rings. The summed E-state index contributed by atoms with van der Waals surface area (Å²) in [6.07, 6.45) is 8.22. The lowest BCUT2D eigenvalue weighted by Gasteiger charge is -2.33. The summed E-state index contributed by atoms with van der Waals surface area (Å²) in [6.45, 7) is 6.74. The van der Waals surface area contributed by atoms with Gasteiger partial charge in [-0.15, -0.1) is 0 Å². The van der Waals surface area contributed by atoms with Gasteiger partial charge in [0.2, 0.25) is 0 Å². The average Bonchev–Trinajstić information content (AvgIpc) is 2.50. The maximum Gasteiger partial charge on any atom is 0.311 e. The molecule has 0 aromatic rings. The first kappa shape index (κ1) is 16.8. The molecule has 1 atom stereocenters. The Kier molecular flexibility index (Phi) is 6.06. The van der Waals surface area contributed by atoms with Crippen LogP contribution in [0.4, 0.5) is 0 Å². The van der Waals surface area contributed by atoms with Crippen LogP contribution in [0.5, 0.6) is 0 Å². The summed E-state index contributed by atoms with van der Waals surface area (Å²) < 4.78 is 17.3. The topological polar surface area (TPSA) is 44.8 Å². The Labute approximate surface area is 128 Å². The van der Waals surface area contributed by atoms with E-state index in [2.05, 4.69) is 0 Å². The van der Waals surface area contributed by atoms with Crippen LogP contribution >= 0.6 is 0 Å². The zero-order valence-corrected chi connectivity index (χ0v) is 13.7. The molecule has 122 valence electrons. The Balaban J connectivity index is 1.69. The first-order valence-corrected chi connectivity index (χ1v) is 8.49. The van der Waals surface area contributed by atoms with Crippen molar-refractivity contribution in [1.82, 2.24) is 0 Å². The van der Waals surface area contributed by atoms with Crippen LogP contribution in [-0.2, 0) is 19.0 Å². The van der Waals surface area contributed by atoms with E-state index in [1.165, 1.54) is 6.42 Å². The van der Waals surface area contributed by atoms with Crippen LogP contribution in [0.1, 0.15) is 72.1 Å². The van der Waals surface area contributed by atoms with Crippen molar-refractivity contribution in [2.24, 2.45) is 5.41 Å². The number of carbonyl (C=O) groups excluding carboxylic acids is 1. The maximum absolute atomic E-state index is 12.1. The number of esters is 1. The van der Waals surface area contributed by atoms with Crippen LogP contribution in [0.2, 0.25) is 0 Å². The maximum atomic E-state index is 12.1. The van der Waals surface area contributed by atoms with Gasteiger partial charge in [0, 0.05) is 6.61 Å². The van der Waals surface area contributed by atoms with E-state index in [1.807, 2.05) is 20.8 Å². The van der Waals surface area contributed by atoms with Gasteiger partial charge in [-0.25, -0.2) is 0 Å². The van der Waals surface area contributed by atoms with E-state index in [0.29, 0.717) is 0 Å². The lowest BCUT2D eigenvalue weighted by atomic mass is 9.90. The third-order valence-electron chi connectivity index (χ3n) is 4.81. The molecule has 0 aromatic heterocycles. The zero-order chi connectivity index (χ0) is 15.3. The van der Waals surface area contributed by atoms with Gasteiger partial charge < -0.3 is 14.2 Å². The molecule has 21 heavy (non-hydrogen) atoms. The Bertz CT molecular complexity index is 326. The normalized spacial score (nSPS) is 30.9. The van der Waals surface area contributed by atoms with Crippen LogP contribution in [0.3, 0.4) is 0 Å². The molecule has 0 N–H and O–H groups in total. The lowest BCUT2D eigenvalue weighted by molar-refractivity contribution is -0.198. The third-order valence-corrected chi connectivity index (χ3v) is 4.81. The second kappa shape index (κ2) is 7.59. The van der Waals surface area contributed by atoms with Crippen LogP contribution in [-0.4, -0.2) is 31.1 Å². The number of hydrogen-bond acceptors (Lipinski definition) is 4. The fraction of sp³-hybridized carbons (Fsp3) is 0.941. The molecule has 0 aromatic carbocycles. The smallest absolute Gasteiger partial charge is 0.311 e. The Morgan fingerprint density at radius 2 is 1.76 bits per heavy atom. The van der Waals surface area contributed by atoms with Crippen LogP contribution in [0, 0.1) is 5.41 Å². The van der Waals surface area contributed by atoms with E-state index in [0.717, 1.165) is 51.6 Å². The van der Waals surface area contributed by atoms with Gasteiger partial charge in [0.1, 0.15) is 6.10 Å². The molecule has 4 heteroatoms. The van der Waals surface area contributed by atoms with Crippen LogP contribution in [0.25, 0.3) is 0 Å². The molecule has 2 rings (SSSR count). The fourth-order valence-corrected chi connectivity index (χ4v) is 2.77. The fourth-order valence-electron chi connectivity index (χ4n) is 2.77. The minimum Gasteiger partial charge on any atom is -0.462 e. The van der Waals surface area contributed by atoms with Crippen molar-refractivity contribution in [2.45, 2.75) is 90.6 Å². The summed E-state index contributed by atoms with van der Waals surface area (Å²) in [5.74, 6) is -0.0648. The summed E-state index contributed by atoms with van der Waals surface area (Å²) in [4.78, 5) is 12.1. The summed E-state index contributed by atoms with van der Waals surface area (Å²) in [7, 11) is 0. The van der Waals surface area contributed by atoms with E-state index in [1.54, 1.807) is 0 Å². The summed E-state index contributed by atoms with van der Waals surface area (Å²) in [5, 5.41) is 0. The predicted octanol–water partition coefficient (Wildman–Crippen LogP) is 3.82. The molecule has 0 amide bonds. The van der Waals surface area contributed by atoms with Gasteiger partial charge in [-0.05, 0) is 65.2 Å². The molecule has 1 aliphatic carbocycles. The van der Waals surface area contributed by atoms with Crippen LogP contribution < -0.4 is 0 Å². The number of ether oxygens (including phenoxy) is 3. The van der Waals surface area contributed by atoms with E-state index < -0.39 is 0 Å². The SMILES string of the molecule is CCC(C)(C)C(=O)OC1CCC(OC2CCCCO2)CC1. The van der Waals surface area contributed by atoms with Crippen molar-refractivity contribution >= 4 is 5.97 Å². The highest BCUT2D eigenvalue weighted by atomic mass is 16.7. The first-order valence-electron chi connectivity index (χ1n) is 8.49. The lowest BCUT2D eigenvalue weighted by Crippen LogP contribution is -2.35. The highest BCUT2D eigenvalue weighted by Crippen LogP contribution is 2.29. The second-order valence-corrected chi connectivity index (χ2v) is 6.97. The van der Waals surface area contributed by atoms with E-state index >= 15 is 0 Å². The summed E-state index contributed by atoms with van der Waals surface area (Å²) in [6, 6.07) is 0. The monoisotopic (exact) mass is 298 g/mol. The van der Waals surface area contributed by atoms with E-state index in [-0.39, 0.29) is 29.9 Å². The minimum absolute atomic E-state index is 0.0122. The van der Waals surface area contributed by atoms with Gasteiger partial charge in [0.15, 0.2) is 6.29 Å². The Hall–Kier alpha value is -0.610. The Morgan fingerprint density at radius 1 is 1.10 bits per heavy atom. The third kappa shape index (κ3) is 4.96. The number of rotatable bonds is 5. The van der Waals surface area contributed by atoms with Gasteiger partial charge in [-0.2, -0.15) is 0 Å². The second-order valence-electron chi connectivity index (χ2n) is 6.97. The standard InChI is InChI=1S/C17H30O4/c1-4-17(2,3)16(18)21-14-10-8-13(9-11-14)20-15-7-5-6-12-19-15/h13-15H,4-12H2,1-3H3. The van der Waals surface area contributed by atoms with Gasteiger partial charge in [0.05, 0.1) is 11.5 Å². The molecule has 0 spiro atoms. The molecular weight excluding hydrogens is 268 g/mol. The zero-order valence-electron chi connectivity index (χ0n) is 13.7. The Morgan fingerprint density at radius 3 is 2.33 bits per heavy atom. The van der Waals surface area contributed by atoms with Crippen molar-refractivity contribution in [3.8, 4) is 0 Å². The van der Waals surface area contributed by atoms with Crippen molar-refractivity contribution < 1.29 is 19.0 Å². The molecule has 4 nitrogen and oxygen atoms in total. The van der Waals surface area contributed by atoms with Crippen LogP contribution in [0.15, 0.2) is 0 Å². The van der Waals surface area contributed by atoms with Gasteiger partial charge in [-0.3, -0.25) is 4.79 Å². The number of carbonyl (C=O) groups is 1. The van der Waals surface area contributed by atoms with Crippen molar-refractivity contribution in [1.29, 1.82) is 0 Å². The largest absolute Gasteiger partial charge is 0.462 e. The molecule has 0 radical (unpaired) electrons. The predicted molar refractivity (Wildman–Crippen MR) is 80.9 cm³/mol. The molecule has 1 unspecified atom stereocenters. The van der Waals surface area contributed by atoms with Gasteiger partial charge in [-0.1, -0.05) is 6.92 Å². The van der Waals surface area contributed by atoms with Crippen molar-refractivity contribution in [3.05, 3.63) is 0 Å². The molecule has 1 aliphatic heterocycles. The molecular formula is C17H30O4. The average molecular weight is 298 g/mol. The first-order chi connectivity index (χ1) is 10.0. The van der Waals surface area contributed by atoms with Gasteiger partial charge in [0.25, 0.3) is 0 Å². The minimum atomic E-state index is -0.372. The highest BCUT2D eigenvalue weighted by molar-refractivity contribution is 5.75. The quantitative estimate of drug-likeness (QED) is 0.724. The summed E-state index contributed by atoms with van der Waals surface area (Å²) in [5.41, 5.74) is -0.372. The number of hydrogen-bond donors (Lipinski definition) is 0.